The number of Topliss-reactive ketones (excluding diaryl/α,β-unsaturated/α-hetero) is 1. The lowest BCUT2D eigenvalue weighted by Gasteiger charge is -2.31. The van der Waals surface area contributed by atoms with E-state index >= 15 is 0 Å². The fourth-order valence-electron chi connectivity index (χ4n) is 4.06. The minimum atomic E-state index is -0.769. The summed E-state index contributed by atoms with van der Waals surface area (Å²) in [5.74, 6) is -0.820. The van der Waals surface area contributed by atoms with Crippen molar-refractivity contribution in [1.29, 1.82) is 0 Å². The number of aromatic amines is 1. The molecule has 0 saturated carbocycles. The zero-order valence-electron chi connectivity index (χ0n) is 19.0. The first-order chi connectivity index (χ1) is 15.3. The van der Waals surface area contributed by atoms with Crippen LogP contribution in [-0.2, 0) is 20.7 Å². The molecule has 1 aliphatic heterocycles. The summed E-state index contributed by atoms with van der Waals surface area (Å²) in [6.07, 6.45) is 5.71. The number of aryl methyl sites for hydroxylation is 1. The second-order valence-corrected chi connectivity index (χ2v) is 9.19. The van der Waals surface area contributed by atoms with Gasteiger partial charge in [-0.1, -0.05) is 51.1 Å². The van der Waals surface area contributed by atoms with Crippen LogP contribution in [0.25, 0.3) is 0 Å². The van der Waals surface area contributed by atoms with Crippen LogP contribution in [-0.4, -0.2) is 47.4 Å². The molecule has 2 aromatic rings. The molecule has 0 radical (unpaired) electrons. The number of nitrogens with one attached hydrogen (secondary N) is 3. The van der Waals surface area contributed by atoms with E-state index in [2.05, 4.69) is 41.6 Å². The Hall–Kier alpha value is -2.93. The molecule has 3 unspecified atom stereocenters. The van der Waals surface area contributed by atoms with Gasteiger partial charge in [-0.25, -0.2) is 0 Å². The van der Waals surface area contributed by atoms with E-state index in [1.165, 1.54) is 5.56 Å². The highest BCUT2D eigenvalue weighted by Gasteiger charge is 2.38. The first-order valence-electron chi connectivity index (χ1n) is 11.2. The molecule has 2 heterocycles. The summed E-state index contributed by atoms with van der Waals surface area (Å²) in [5.41, 5.74) is 1.47. The highest BCUT2D eigenvalue weighted by molar-refractivity contribution is 5.98. The van der Waals surface area contributed by atoms with Crippen LogP contribution in [0.1, 0.15) is 56.0 Å². The normalized spacial score (nSPS) is 19.5. The third kappa shape index (κ3) is 6.29. The molecule has 0 aliphatic carbocycles. The molecule has 32 heavy (non-hydrogen) atoms. The number of hydrogen-bond acceptors (Lipinski definition) is 4. The van der Waals surface area contributed by atoms with Crippen LogP contribution in [0.2, 0.25) is 0 Å². The zero-order chi connectivity index (χ0) is 23.1. The van der Waals surface area contributed by atoms with Gasteiger partial charge in [0.05, 0.1) is 11.7 Å². The molecule has 1 aromatic heterocycles. The van der Waals surface area contributed by atoms with E-state index in [0.29, 0.717) is 18.4 Å². The minimum absolute atomic E-state index is 0.00635. The molecule has 0 bridgehead atoms. The number of hydrogen-bond donors (Lipinski definition) is 3. The van der Waals surface area contributed by atoms with Crippen LogP contribution in [0, 0.1) is 5.41 Å². The number of ketones is 1. The Bertz CT molecular complexity index is 909. The summed E-state index contributed by atoms with van der Waals surface area (Å²) >= 11 is 0. The molecule has 1 aliphatic rings. The van der Waals surface area contributed by atoms with Gasteiger partial charge in [0.25, 0.3) is 5.91 Å². The molecule has 1 aromatic carbocycles. The smallest absolute Gasteiger partial charge is 0.253 e. The predicted octanol–water partition coefficient (Wildman–Crippen LogP) is 3.02. The average Bonchev–Trinajstić information content (AvgIpc) is 3.43. The van der Waals surface area contributed by atoms with Crippen molar-refractivity contribution >= 4 is 17.6 Å². The number of carbonyl (C=O) groups is 3. The molecule has 2 amide bonds. The largest absolute Gasteiger partial charge is 0.368 e. The molecule has 3 rings (SSSR count). The van der Waals surface area contributed by atoms with Crippen LogP contribution < -0.4 is 10.6 Å². The summed E-state index contributed by atoms with van der Waals surface area (Å²) in [7, 11) is 0. The average molecular weight is 440 g/mol. The number of rotatable bonds is 10. The second-order valence-electron chi connectivity index (χ2n) is 9.19. The van der Waals surface area contributed by atoms with Crippen molar-refractivity contribution in [2.75, 3.05) is 6.61 Å². The van der Waals surface area contributed by atoms with Gasteiger partial charge in [-0.15, -0.1) is 0 Å². The summed E-state index contributed by atoms with van der Waals surface area (Å²) in [6, 6.07) is 10.4. The Labute approximate surface area is 189 Å². The van der Waals surface area contributed by atoms with Crippen LogP contribution in [0.5, 0.6) is 0 Å². The minimum Gasteiger partial charge on any atom is -0.368 e. The maximum atomic E-state index is 13.2. The van der Waals surface area contributed by atoms with Crippen molar-refractivity contribution in [2.45, 2.75) is 64.6 Å². The Morgan fingerprint density at radius 2 is 1.97 bits per heavy atom. The second kappa shape index (κ2) is 10.6. The van der Waals surface area contributed by atoms with E-state index < -0.39 is 12.1 Å². The van der Waals surface area contributed by atoms with Gasteiger partial charge in [0, 0.05) is 12.4 Å². The summed E-state index contributed by atoms with van der Waals surface area (Å²) in [4.78, 5) is 41.0. The molecular formula is C25H33N3O4. The SMILES string of the molecule is CCC1OCC(=O)C1NC(=O)C(CC(C)(C)CCc1ccccc1)NC(=O)c1cc[nH]c1. The van der Waals surface area contributed by atoms with Crippen molar-refractivity contribution in [3.63, 3.8) is 0 Å². The quantitative estimate of drug-likeness (QED) is 0.530. The Morgan fingerprint density at radius 3 is 2.62 bits per heavy atom. The highest BCUT2D eigenvalue weighted by Crippen LogP contribution is 2.29. The molecule has 3 atom stereocenters. The summed E-state index contributed by atoms with van der Waals surface area (Å²) in [5, 5.41) is 5.71. The van der Waals surface area contributed by atoms with Gasteiger partial charge in [0.1, 0.15) is 18.7 Å². The third-order valence-electron chi connectivity index (χ3n) is 6.03. The Kier molecular flexibility index (Phi) is 7.85. The van der Waals surface area contributed by atoms with Gasteiger partial charge >= 0.3 is 0 Å². The van der Waals surface area contributed by atoms with E-state index in [0.717, 1.165) is 12.8 Å². The lowest BCUT2D eigenvalue weighted by atomic mass is 9.80. The molecule has 1 saturated heterocycles. The van der Waals surface area contributed by atoms with E-state index in [1.54, 1.807) is 18.5 Å². The molecule has 1 fully saturated rings. The zero-order valence-corrected chi connectivity index (χ0v) is 19.0. The standard InChI is InChI=1S/C25H33N3O4/c1-4-21-22(20(29)16-32-21)28-24(31)19(27-23(30)18-11-13-26-15-18)14-25(2,3)12-10-17-8-6-5-7-9-17/h5-9,11,13,15,19,21-22,26H,4,10,12,14,16H2,1-3H3,(H,27,30)(H,28,31). The fraction of sp³-hybridized carbons (Fsp3) is 0.480. The van der Waals surface area contributed by atoms with Crippen LogP contribution in [0.4, 0.5) is 0 Å². The van der Waals surface area contributed by atoms with Gasteiger partial charge in [0.2, 0.25) is 5.91 Å². The number of amides is 2. The van der Waals surface area contributed by atoms with Gasteiger partial charge in [-0.05, 0) is 42.7 Å². The maximum absolute atomic E-state index is 13.2. The number of ether oxygens (including phenoxy) is 1. The van der Waals surface area contributed by atoms with Gasteiger partial charge in [-0.3, -0.25) is 14.4 Å². The molecule has 172 valence electrons. The third-order valence-corrected chi connectivity index (χ3v) is 6.03. The number of aromatic nitrogens is 1. The molecule has 7 nitrogen and oxygen atoms in total. The predicted molar refractivity (Wildman–Crippen MR) is 122 cm³/mol. The summed E-state index contributed by atoms with van der Waals surface area (Å²) in [6.45, 7) is 6.11. The molecular weight excluding hydrogens is 406 g/mol. The van der Waals surface area contributed by atoms with E-state index in [-0.39, 0.29) is 35.7 Å². The van der Waals surface area contributed by atoms with Gasteiger partial charge in [-0.2, -0.15) is 0 Å². The first-order valence-corrected chi connectivity index (χ1v) is 11.2. The number of carbonyl (C=O) groups excluding carboxylic acids is 3. The van der Waals surface area contributed by atoms with Crippen molar-refractivity contribution < 1.29 is 19.1 Å². The first kappa shape index (κ1) is 23.7. The Morgan fingerprint density at radius 1 is 1.22 bits per heavy atom. The lowest BCUT2D eigenvalue weighted by Crippen LogP contribution is -2.54. The van der Waals surface area contributed by atoms with Crippen LogP contribution in [0.15, 0.2) is 48.8 Å². The molecule has 3 N–H and O–H groups in total. The lowest BCUT2D eigenvalue weighted by molar-refractivity contribution is -0.128. The van der Waals surface area contributed by atoms with Crippen molar-refractivity contribution in [2.24, 2.45) is 5.41 Å². The molecule has 0 spiro atoms. The topological polar surface area (TPSA) is 100 Å². The van der Waals surface area contributed by atoms with Gasteiger partial charge < -0.3 is 20.4 Å². The van der Waals surface area contributed by atoms with Crippen LogP contribution in [0.3, 0.4) is 0 Å². The van der Waals surface area contributed by atoms with E-state index in [9.17, 15) is 14.4 Å². The maximum Gasteiger partial charge on any atom is 0.253 e. The van der Waals surface area contributed by atoms with E-state index in [4.69, 9.17) is 4.74 Å². The van der Waals surface area contributed by atoms with Crippen molar-refractivity contribution in [3.05, 3.63) is 59.9 Å². The monoisotopic (exact) mass is 439 g/mol. The van der Waals surface area contributed by atoms with E-state index in [1.807, 2.05) is 25.1 Å². The number of benzene rings is 1. The summed E-state index contributed by atoms with van der Waals surface area (Å²) < 4.78 is 5.48. The van der Waals surface area contributed by atoms with Gasteiger partial charge in [0.15, 0.2) is 5.78 Å². The number of H-pyrrole nitrogens is 1. The molecule has 7 heteroatoms. The van der Waals surface area contributed by atoms with Crippen molar-refractivity contribution in [3.8, 4) is 0 Å². The van der Waals surface area contributed by atoms with Crippen LogP contribution >= 0.6 is 0 Å². The fourth-order valence-corrected chi connectivity index (χ4v) is 4.06. The Balaban J connectivity index is 1.71. The van der Waals surface area contributed by atoms with Crippen molar-refractivity contribution in [1.82, 2.24) is 15.6 Å². The highest BCUT2D eigenvalue weighted by atomic mass is 16.5.